The lowest BCUT2D eigenvalue weighted by Crippen LogP contribution is -2.29. The zero-order valence-electron chi connectivity index (χ0n) is 16.4. The number of hydrogen-bond acceptors (Lipinski definition) is 4. The standard InChI is InChI=1S/C23H21ClN2O2S2/c1-16(13-17-7-3-2-4-8-17)14-20-22(28)26(23(29)30-20)12-6-11-21(27)25-19-10-5-9-18(24)15-19/h2-5,7-10,13-15H,6,11-12H2,1H3,(H,25,27)/b16-13+,20-14-. The summed E-state index contributed by atoms with van der Waals surface area (Å²) < 4.78 is 0.522. The van der Waals surface area contributed by atoms with E-state index < -0.39 is 0 Å². The molecule has 2 amide bonds. The average molecular weight is 457 g/mol. The van der Waals surface area contributed by atoms with Gasteiger partial charge in [-0.25, -0.2) is 0 Å². The van der Waals surface area contributed by atoms with E-state index in [0.717, 1.165) is 11.1 Å². The summed E-state index contributed by atoms with van der Waals surface area (Å²) >= 11 is 12.6. The highest BCUT2D eigenvalue weighted by Crippen LogP contribution is 2.32. The van der Waals surface area contributed by atoms with Crippen LogP contribution in [0.3, 0.4) is 0 Å². The average Bonchev–Trinajstić information content (AvgIpc) is 2.96. The summed E-state index contributed by atoms with van der Waals surface area (Å²) in [6, 6.07) is 16.9. The summed E-state index contributed by atoms with van der Waals surface area (Å²) in [7, 11) is 0. The number of nitrogens with one attached hydrogen (secondary N) is 1. The molecule has 154 valence electrons. The molecule has 0 aliphatic carbocycles. The first kappa shape index (κ1) is 22.3. The molecule has 1 N–H and O–H groups in total. The number of thiocarbonyl (C=S) groups is 1. The number of halogens is 1. The van der Waals surface area contributed by atoms with E-state index in [2.05, 4.69) is 5.32 Å². The third-order valence-corrected chi connectivity index (χ3v) is 5.93. The lowest BCUT2D eigenvalue weighted by atomic mass is 10.1. The Morgan fingerprint density at radius 2 is 1.97 bits per heavy atom. The Hall–Kier alpha value is -2.41. The van der Waals surface area contributed by atoms with Crippen molar-refractivity contribution in [2.75, 3.05) is 11.9 Å². The summed E-state index contributed by atoms with van der Waals surface area (Å²) in [6.07, 6.45) is 4.69. The van der Waals surface area contributed by atoms with Gasteiger partial charge in [-0.05, 0) is 48.8 Å². The molecule has 0 spiro atoms. The largest absolute Gasteiger partial charge is 0.326 e. The molecule has 1 fully saturated rings. The molecule has 1 aliphatic heterocycles. The van der Waals surface area contributed by atoms with Gasteiger partial charge in [-0.15, -0.1) is 0 Å². The third-order valence-electron chi connectivity index (χ3n) is 4.32. The molecule has 2 aromatic carbocycles. The highest BCUT2D eigenvalue weighted by atomic mass is 35.5. The van der Waals surface area contributed by atoms with E-state index >= 15 is 0 Å². The van der Waals surface area contributed by atoms with Gasteiger partial charge in [0.2, 0.25) is 5.91 Å². The molecule has 0 radical (unpaired) electrons. The molecule has 1 aliphatic rings. The van der Waals surface area contributed by atoms with Crippen LogP contribution in [0.1, 0.15) is 25.3 Å². The van der Waals surface area contributed by atoms with E-state index in [0.29, 0.717) is 32.9 Å². The van der Waals surface area contributed by atoms with Gasteiger partial charge < -0.3 is 5.32 Å². The molecule has 1 saturated heterocycles. The van der Waals surface area contributed by atoms with E-state index in [1.54, 1.807) is 29.2 Å². The van der Waals surface area contributed by atoms with Gasteiger partial charge in [0.25, 0.3) is 5.91 Å². The van der Waals surface area contributed by atoms with E-state index in [1.165, 1.54) is 11.8 Å². The van der Waals surface area contributed by atoms with Crippen LogP contribution >= 0.6 is 35.6 Å². The Morgan fingerprint density at radius 1 is 1.20 bits per heavy atom. The zero-order valence-corrected chi connectivity index (χ0v) is 18.8. The number of nitrogens with zero attached hydrogens (tertiary/aromatic N) is 1. The van der Waals surface area contributed by atoms with Crippen molar-refractivity contribution in [1.29, 1.82) is 0 Å². The van der Waals surface area contributed by atoms with Crippen LogP contribution in [-0.4, -0.2) is 27.6 Å². The molecule has 0 saturated carbocycles. The van der Waals surface area contributed by atoms with Gasteiger partial charge in [-0.2, -0.15) is 0 Å². The maximum absolute atomic E-state index is 12.7. The number of carbonyl (C=O) groups excluding carboxylic acids is 2. The minimum Gasteiger partial charge on any atom is -0.326 e. The molecule has 0 atom stereocenters. The number of benzene rings is 2. The molecular formula is C23H21ClN2O2S2. The summed E-state index contributed by atoms with van der Waals surface area (Å²) in [5.41, 5.74) is 2.71. The second-order valence-corrected chi connectivity index (χ2v) is 8.91. The van der Waals surface area contributed by atoms with Crippen LogP contribution in [0, 0.1) is 0 Å². The summed E-state index contributed by atoms with van der Waals surface area (Å²) in [4.78, 5) is 27.0. The zero-order chi connectivity index (χ0) is 21.5. The molecule has 2 aromatic rings. The quantitative estimate of drug-likeness (QED) is 0.416. The van der Waals surface area contributed by atoms with E-state index in [1.807, 2.05) is 49.4 Å². The van der Waals surface area contributed by atoms with Crippen molar-refractivity contribution < 1.29 is 9.59 Å². The molecule has 0 bridgehead atoms. The van der Waals surface area contributed by atoms with Gasteiger partial charge in [0.05, 0.1) is 4.91 Å². The fourth-order valence-corrected chi connectivity index (χ4v) is 4.49. The number of amides is 2. The van der Waals surface area contributed by atoms with Crippen molar-refractivity contribution in [2.24, 2.45) is 0 Å². The molecule has 7 heteroatoms. The number of hydrogen-bond donors (Lipinski definition) is 1. The first-order valence-corrected chi connectivity index (χ1v) is 11.1. The lowest BCUT2D eigenvalue weighted by molar-refractivity contribution is -0.122. The number of anilines is 1. The van der Waals surface area contributed by atoms with Crippen molar-refractivity contribution in [3.8, 4) is 0 Å². The Kier molecular flexibility index (Phi) is 7.85. The molecule has 4 nitrogen and oxygen atoms in total. The first-order valence-electron chi connectivity index (χ1n) is 9.46. The van der Waals surface area contributed by atoms with Crippen LogP contribution in [0.15, 0.2) is 71.2 Å². The van der Waals surface area contributed by atoms with Crippen molar-refractivity contribution in [1.82, 2.24) is 4.90 Å². The highest BCUT2D eigenvalue weighted by Gasteiger charge is 2.31. The second-order valence-electron chi connectivity index (χ2n) is 6.79. The number of carbonyl (C=O) groups is 2. The van der Waals surface area contributed by atoms with Crippen LogP contribution in [0.4, 0.5) is 5.69 Å². The molecule has 0 unspecified atom stereocenters. The van der Waals surface area contributed by atoms with Crippen LogP contribution in [0.25, 0.3) is 6.08 Å². The van der Waals surface area contributed by atoms with Gasteiger partial charge in [-0.3, -0.25) is 14.5 Å². The van der Waals surface area contributed by atoms with E-state index in [-0.39, 0.29) is 18.2 Å². The second kappa shape index (κ2) is 10.6. The summed E-state index contributed by atoms with van der Waals surface area (Å²) in [6.45, 7) is 2.37. The predicted molar refractivity (Wildman–Crippen MR) is 129 cm³/mol. The van der Waals surface area contributed by atoms with E-state index in [4.69, 9.17) is 23.8 Å². The summed E-state index contributed by atoms with van der Waals surface area (Å²) in [5, 5.41) is 3.37. The van der Waals surface area contributed by atoms with Gasteiger partial charge in [0.1, 0.15) is 4.32 Å². The van der Waals surface area contributed by atoms with Gasteiger partial charge in [0, 0.05) is 23.7 Å². The first-order chi connectivity index (χ1) is 14.4. The van der Waals surface area contributed by atoms with Gasteiger partial charge in [0.15, 0.2) is 0 Å². The van der Waals surface area contributed by atoms with Crippen molar-refractivity contribution in [2.45, 2.75) is 19.8 Å². The smallest absolute Gasteiger partial charge is 0.266 e. The molecule has 30 heavy (non-hydrogen) atoms. The number of allylic oxidation sites excluding steroid dienone is 2. The lowest BCUT2D eigenvalue weighted by Gasteiger charge is -2.14. The SMILES string of the molecule is CC(/C=C1\SC(=S)N(CCCC(=O)Nc2cccc(Cl)c2)C1=O)=C\c1ccccc1. The van der Waals surface area contributed by atoms with E-state index in [9.17, 15) is 9.59 Å². The number of rotatable bonds is 7. The van der Waals surface area contributed by atoms with Gasteiger partial charge in [-0.1, -0.05) is 78.1 Å². The van der Waals surface area contributed by atoms with Gasteiger partial charge >= 0.3 is 0 Å². The van der Waals surface area contributed by atoms with Crippen LogP contribution in [0.5, 0.6) is 0 Å². The minimum atomic E-state index is -0.125. The monoisotopic (exact) mass is 456 g/mol. The van der Waals surface area contributed by atoms with Crippen LogP contribution in [0.2, 0.25) is 5.02 Å². The van der Waals surface area contributed by atoms with Crippen LogP contribution in [-0.2, 0) is 9.59 Å². The highest BCUT2D eigenvalue weighted by molar-refractivity contribution is 8.26. The van der Waals surface area contributed by atoms with Crippen LogP contribution < -0.4 is 5.32 Å². The van der Waals surface area contributed by atoms with Crippen molar-refractivity contribution in [3.05, 3.63) is 81.7 Å². The Bertz CT molecular complexity index is 1020. The Balaban J connectivity index is 1.53. The Labute approximate surface area is 191 Å². The third kappa shape index (κ3) is 6.29. The van der Waals surface area contributed by atoms with Crippen molar-refractivity contribution >= 4 is 63.5 Å². The Morgan fingerprint density at radius 3 is 2.70 bits per heavy atom. The predicted octanol–water partition coefficient (Wildman–Crippen LogP) is 5.91. The van der Waals surface area contributed by atoms with Crippen molar-refractivity contribution in [3.63, 3.8) is 0 Å². The molecule has 3 rings (SSSR count). The summed E-state index contributed by atoms with van der Waals surface area (Å²) in [5.74, 6) is -0.235. The maximum atomic E-state index is 12.7. The fraction of sp³-hybridized carbons (Fsp3) is 0.174. The maximum Gasteiger partial charge on any atom is 0.266 e. The normalized spacial score (nSPS) is 15.7. The number of thioether (sulfide) groups is 1. The molecular weight excluding hydrogens is 436 g/mol. The minimum absolute atomic E-state index is 0.110. The molecule has 1 heterocycles. The molecule has 0 aromatic heterocycles. The topological polar surface area (TPSA) is 49.4 Å². The fourth-order valence-electron chi connectivity index (χ4n) is 2.94.